The summed E-state index contributed by atoms with van der Waals surface area (Å²) in [7, 11) is 0. The van der Waals surface area contributed by atoms with Crippen molar-refractivity contribution in [3.8, 4) is 0 Å². The van der Waals surface area contributed by atoms with Crippen molar-refractivity contribution in [3.05, 3.63) is 0 Å². The number of rotatable bonds is 3. The highest BCUT2D eigenvalue weighted by Gasteiger charge is 2.32. The van der Waals surface area contributed by atoms with Crippen molar-refractivity contribution in [2.75, 3.05) is 13.1 Å². The van der Waals surface area contributed by atoms with Crippen molar-refractivity contribution < 1.29 is 14.3 Å². The molecule has 1 N–H and O–H groups in total. The molecule has 5 heteroatoms. The Labute approximate surface area is 109 Å². The number of ether oxygens (including phenoxy) is 1. The van der Waals surface area contributed by atoms with Gasteiger partial charge in [-0.05, 0) is 34.1 Å². The normalized spacial score (nSPS) is 22.6. The molecular weight excluding hydrogens is 232 g/mol. The Balaban J connectivity index is 2.46. The van der Waals surface area contributed by atoms with Gasteiger partial charge in [-0.25, -0.2) is 0 Å². The fourth-order valence-electron chi connectivity index (χ4n) is 2.08. The van der Waals surface area contributed by atoms with E-state index in [0.717, 1.165) is 13.0 Å². The molecule has 1 fully saturated rings. The molecule has 0 aromatic rings. The molecule has 1 amide bonds. The zero-order chi connectivity index (χ0) is 13.9. The molecule has 0 aromatic carbocycles. The fraction of sp³-hybridized carbons (Fsp3) is 0.846. The van der Waals surface area contributed by atoms with Crippen LogP contribution in [-0.4, -0.2) is 47.6 Å². The summed E-state index contributed by atoms with van der Waals surface area (Å²) in [6, 6.07) is -0.115. The van der Waals surface area contributed by atoms with E-state index < -0.39 is 5.60 Å². The summed E-state index contributed by atoms with van der Waals surface area (Å²) in [6.45, 7) is 10.5. The number of nitrogens with zero attached hydrogens (tertiary/aromatic N) is 1. The molecule has 0 radical (unpaired) electrons. The maximum Gasteiger partial charge on any atom is 0.323 e. The first-order valence-corrected chi connectivity index (χ1v) is 6.43. The van der Waals surface area contributed by atoms with Crippen molar-refractivity contribution in [1.29, 1.82) is 0 Å². The number of amides is 1. The van der Waals surface area contributed by atoms with Gasteiger partial charge < -0.3 is 10.1 Å². The van der Waals surface area contributed by atoms with Crippen LogP contribution >= 0.6 is 0 Å². The average Bonchev–Trinajstić information content (AvgIpc) is 2.61. The molecule has 1 rings (SSSR count). The molecule has 1 aliphatic rings. The van der Waals surface area contributed by atoms with Crippen LogP contribution in [0.25, 0.3) is 0 Å². The molecular formula is C13H24N2O3. The molecule has 104 valence electrons. The number of esters is 1. The Bertz CT molecular complexity index is 323. The number of carbonyl (C=O) groups excluding carboxylic acids is 2. The van der Waals surface area contributed by atoms with Crippen LogP contribution in [-0.2, 0) is 14.3 Å². The van der Waals surface area contributed by atoms with Crippen molar-refractivity contribution in [3.63, 3.8) is 0 Å². The number of carbonyl (C=O) groups is 2. The van der Waals surface area contributed by atoms with Gasteiger partial charge in [0.15, 0.2) is 0 Å². The second-order valence-corrected chi connectivity index (χ2v) is 5.89. The Morgan fingerprint density at radius 2 is 2.00 bits per heavy atom. The molecule has 0 aromatic heterocycles. The summed E-state index contributed by atoms with van der Waals surface area (Å²) in [5, 5.41) is 2.88. The topological polar surface area (TPSA) is 58.6 Å². The lowest BCUT2D eigenvalue weighted by molar-refractivity contribution is -0.160. The molecule has 2 atom stereocenters. The quantitative estimate of drug-likeness (QED) is 0.763. The van der Waals surface area contributed by atoms with Gasteiger partial charge in [-0.15, -0.1) is 0 Å². The van der Waals surface area contributed by atoms with E-state index in [2.05, 4.69) is 10.2 Å². The highest BCUT2D eigenvalue weighted by atomic mass is 16.6. The van der Waals surface area contributed by atoms with E-state index in [1.165, 1.54) is 6.92 Å². The van der Waals surface area contributed by atoms with Gasteiger partial charge in [-0.1, -0.05) is 0 Å². The standard InChI is InChI=1S/C13H24N2O3/c1-9(12(17)18-13(3,4)5)15-7-6-11(8-15)14-10(2)16/h9,11H,6-8H2,1-5H3,(H,14,16). The third kappa shape index (κ3) is 4.64. The number of hydrogen-bond donors (Lipinski definition) is 1. The van der Waals surface area contributed by atoms with E-state index in [-0.39, 0.29) is 24.0 Å². The van der Waals surface area contributed by atoms with Crippen molar-refractivity contribution in [2.24, 2.45) is 0 Å². The van der Waals surface area contributed by atoms with Gasteiger partial charge in [0.25, 0.3) is 0 Å². The van der Waals surface area contributed by atoms with E-state index in [9.17, 15) is 9.59 Å². The third-order valence-corrected chi connectivity index (χ3v) is 2.92. The number of nitrogens with one attached hydrogen (secondary N) is 1. The lowest BCUT2D eigenvalue weighted by atomic mass is 10.2. The molecule has 0 spiro atoms. The number of hydrogen-bond acceptors (Lipinski definition) is 4. The Hall–Kier alpha value is -1.10. The Kier molecular flexibility index (Phi) is 4.73. The lowest BCUT2D eigenvalue weighted by Gasteiger charge is -2.27. The fourth-order valence-corrected chi connectivity index (χ4v) is 2.08. The summed E-state index contributed by atoms with van der Waals surface area (Å²) in [6.07, 6.45) is 0.882. The molecule has 18 heavy (non-hydrogen) atoms. The van der Waals surface area contributed by atoms with Crippen LogP contribution < -0.4 is 5.32 Å². The van der Waals surface area contributed by atoms with Crippen molar-refractivity contribution >= 4 is 11.9 Å². The van der Waals surface area contributed by atoms with E-state index in [1.807, 2.05) is 27.7 Å². The largest absolute Gasteiger partial charge is 0.459 e. The summed E-state index contributed by atoms with van der Waals surface area (Å²) < 4.78 is 5.36. The molecule has 5 nitrogen and oxygen atoms in total. The maximum atomic E-state index is 11.9. The van der Waals surface area contributed by atoms with Crippen LogP contribution in [0.4, 0.5) is 0 Å². The minimum Gasteiger partial charge on any atom is -0.459 e. The SMILES string of the molecule is CC(=O)NC1CCN(C(C)C(=O)OC(C)(C)C)C1. The molecule has 2 unspecified atom stereocenters. The molecule has 1 aliphatic heterocycles. The van der Waals surface area contributed by atoms with Gasteiger partial charge in [-0.3, -0.25) is 14.5 Å². The van der Waals surface area contributed by atoms with Crippen LogP contribution in [0.1, 0.15) is 41.0 Å². The van der Waals surface area contributed by atoms with Crippen LogP contribution in [0, 0.1) is 0 Å². The van der Waals surface area contributed by atoms with Gasteiger partial charge in [0.2, 0.25) is 5.91 Å². The molecule has 0 aliphatic carbocycles. The van der Waals surface area contributed by atoms with Crippen molar-refractivity contribution in [2.45, 2.75) is 58.7 Å². The van der Waals surface area contributed by atoms with Crippen LogP contribution in [0.15, 0.2) is 0 Å². The minimum atomic E-state index is -0.456. The van der Waals surface area contributed by atoms with Crippen molar-refractivity contribution in [1.82, 2.24) is 10.2 Å². The number of likely N-dealkylation sites (tertiary alicyclic amines) is 1. The summed E-state index contributed by atoms with van der Waals surface area (Å²) >= 11 is 0. The average molecular weight is 256 g/mol. The molecule has 1 heterocycles. The first kappa shape index (κ1) is 15.0. The lowest BCUT2D eigenvalue weighted by Crippen LogP contribution is -2.43. The van der Waals surface area contributed by atoms with Gasteiger partial charge in [0.05, 0.1) is 0 Å². The molecule has 0 saturated carbocycles. The second-order valence-electron chi connectivity index (χ2n) is 5.89. The predicted molar refractivity (Wildman–Crippen MR) is 69.1 cm³/mol. The predicted octanol–water partition coefficient (Wildman–Crippen LogP) is 0.927. The van der Waals surface area contributed by atoms with Gasteiger partial charge in [-0.2, -0.15) is 0 Å². The van der Waals surface area contributed by atoms with E-state index >= 15 is 0 Å². The van der Waals surface area contributed by atoms with Gasteiger partial charge in [0.1, 0.15) is 11.6 Å². The first-order chi connectivity index (χ1) is 8.19. The molecule has 0 bridgehead atoms. The highest BCUT2D eigenvalue weighted by Crippen LogP contribution is 2.16. The zero-order valence-corrected chi connectivity index (χ0v) is 11.9. The third-order valence-electron chi connectivity index (χ3n) is 2.92. The van der Waals surface area contributed by atoms with Crippen LogP contribution in [0.3, 0.4) is 0 Å². The first-order valence-electron chi connectivity index (χ1n) is 6.43. The molecule has 1 saturated heterocycles. The monoisotopic (exact) mass is 256 g/mol. The van der Waals surface area contributed by atoms with Gasteiger partial charge >= 0.3 is 5.97 Å². The van der Waals surface area contributed by atoms with Gasteiger partial charge in [0, 0.05) is 26.1 Å². The van der Waals surface area contributed by atoms with Crippen LogP contribution in [0.2, 0.25) is 0 Å². The Morgan fingerprint density at radius 1 is 1.39 bits per heavy atom. The van der Waals surface area contributed by atoms with Crippen LogP contribution in [0.5, 0.6) is 0 Å². The zero-order valence-electron chi connectivity index (χ0n) is 11.9. The smallest absolute Gasteiger partial charge is 0.323 e. The Morgan fingerprint density at radius 3 is 2.50 bits per heavy atom. The van der Waals surface area contributed by atoms with E-state index in [4.69, 9.17) is 4.74 Å². The van der Waals surface area contributed by atoms with E-state index in [0.29, 0.717) is 6.54 Å². The summed E-state index contributed by atoms with van der Waals surface area (Å²) in [5.74, 6) is -0.224. The highest BCUT2D eigenvalue weighted by molar-refractivity contribution is 5.76. The minimum absolute atomic E-state index is 0.0215. The summed E-state index contributed by atoms with van der Waals surface area (Å²) in [5.41, 5.74) is -0.456. The van der Waals surface area contributed by atoms with E-state index in [1.54, 1.807) is 0 Å². The summed E-state index contributed by atoms with van der Waals surface area (Å²) in [4.78, 5) is 25.0. The maximum absolute atomic E-state index is 11.9. The second kappa shape index (κ2) is 5.69.